The van der Waals surface area contributed by atoms with Gasteiger partial charge in [-0.05, 0) is 55.8 Å². The van der Waals surface area contributed by atoms with Crippen LogP contribution in [0.15, 0.2) is 53.7 Å². The van der Waals surface area contributed by atoms with Gasteiger partial charge in [-0.25, -0.2) is 0 Å². The zero-order valence-corrected chi connectivity index (χ0v) is 19.2. The van der Waals surface area contributed by atoms with Crippen molar-refractivity contribution in [2.75, 3.05) is 24.7 Å². The Morgan fingerprint density at radius 3 is 2.59 bits per heavy atom. The predicted molar refractivity (Wildman–Crippen MR) is 125 cm³/mol. The molecule has 3 aromatic rings. The fourth-order valence-corrected chi connectivity index (χ4v) is 3.93. The number of hydrogen-bond acceptors (Lipinski definition) is 6. The second-order valence-corrected chi connectivity index (χ2v) is 8.03. The Morgan fingerprint density at radius 1 is 1.12 bits per heavy atom. The number of aromatic nitrogens is 3. The zero-order chi connectivity index (χ0) is 22.9. The van der Waals surface area contributed by atoms with E-state index in [0.717, 1.165) is 17.1 Å². The van der Waals surface area contributed by atoms with Crippen molar-refractivity contribution >= 4 is 29.3 Å². The van der Waals surface area contributed by atoms with Gasteiger partial charge in [0.15, 0.2) is 5.16 Å². The van der Waals surface area contributed by atoms with Gasteiger partial charge < -0.3 is 19.9 Å². The number of anilines is 1. The van der Waals surface area contributed by atoms with Gasteiger partial charge in [0.25, 0.3) is 5.91 Å². The molecule has 0 unspecified atom stereocenters. The van der Waals surface area contributed by atoms with Crippen LogP contribution in [0.4, 0.5) is 5.69 Å². The lowest BCUT2D eigenvalue weighted by Gasteiger charge is -2.09. The van der Waals surface area contributed by atoms with Gasteiger partial charge in [0.1, 0.15) is 11.6 Å². The normalized spacial score (nSPS) is 10.6. The molecule has 2 amide bonds. The number of hydrogen-bond donors (Lipinski definition) is 2. The number of aryl methyl sites for hydroxylation is 1. The van der Waals surface area contributed by atoms with Crippen LogP contribution in [0.3, 0.4) is 0 Å². The molecule has 2 N–H and O–H groups in total. The van der Waals surface area contributed by atoms with E-state index in [9.17, 15) is 9.59 Å². The van der Waals surface area contributed by atoms with Crippen LogP contribution < -0.4 is 15.4 Å². The first-order valence-corrected chi connectivity index (χ1v) is 11.3. The van der Waals surface area contributed by atoms with Crippen LogP contribution in [0.25, 0.3) is 0 Å². The SMILES string of the molecule is CCn1c(CCNC(=O)c2ccc(OC)cc2)nnc1SCC(=O)Nc1cccc(C)c1. The molecule has 2 aromatic carbocycles. The Balaban J connectivity index is 1.50. The lowest BCUT2D eigenvalue weighted by atomic mass is 10.2. The van der Waals surface area contributed by atoms with Crippen molar-refractivity contribution in [3.63, 3.8) is 0 Å². The molecule has 0 spiro atoms. The Kier molecular flexibility index (Phi) is 8.27. The number of thioether (sulfide) groups is 1. The smallest absolute Gasteiger partial charge is 0.251 e. The first kappa shape index (κ1) is 23.3. The van der Waals surface area contributed by atoms with E-state index in [1.165, 1.54) is 11.8 Å². The number of benzene rings is 2. The molecule has 0 aliphatic carbocycles. The minimum atomic E-state index is -0.155. The topological polar surface area (TPSA) is 98.1 Å². The third kappa shape index (κ3) is 6.34. The second kappa shape index (κ2) is 11.3. The summed E-state index contributed by atoms with van der Waals surface area (Å²) < 4.78 is 7.07. The summed E-state index contributed by atoms with van der Waals surface area (Å²) in [5, 5.41) is 14.9. The van der Waals surface area contributed by atoms with Crippen LogP contribution in [0.5, 0.6) is 5.75 Å². The Hall–Kier alpha value is -3.33. The molecule has 3 rings (SSSR count). The van der Waals surface area contributed by atoms with Gasteiger partial charge in [-0.2, -0.15) is 0 Å². The van der Waals surface area contributed by atoms with Gasteiger partial charge >= 0.3 is 0 Å². The highest BCUT2D eigenvalue weighted by Crippen LogP contribution is 2.18. The summed E-state index contributed by atoms with van der Waals surface area (Å²) in [5.74, 6) is 1.46. The molecular weight excluding hydrogens is 426 g/mol. The van der Waals surface area contributed by atoms with E-state index in [4.69, 9.17) is 4.74 Å². The highest BCUT2D eigenvalue weighted by Gasteiger charge is 2.14. The van der Waals surface area contributed by atoms with Crippen molar-refractivity contribution in [1.29, 1.82) is 0 Å². The molecule has 0 bridgehead atoms. The third-order valence-corrected chi connectivity index (χ3v) is 5.70. The van der Waals surface area contributed by atoms with E-state index in [0.29, 0.717) is 36.0 Å². The number of carbonyl (C=O) groups excluding carboxylic acids is 2. The molecule has 0 saturated heterocycles. The average molecular weight is 454 g/mol. The molecule has 9 heteroatoms. The summed E-state index contributed by atoms with van der Waals surface area (Å²) in [7, 11) is 1.59. The molecule has 1 heterocycles. The summed E-state index contributed by atoms with van der Waals surface area (Å²) in [6, 6.07) is 14.6. The van der Waals surface area contributed by atoms with Crippen molar-refractivity contribution in [2.45, 2.75) is 32.0 Å². The maximum Gasteiger partial charge on any atom is 0.251 e. The van der Waals surface area contributed by atoms with Crippen molar-refractivity contribution in [3.05, 3.63) is 65.5 Å². The van der Waals surface area contributed by atoms with Gasteiger partial charge in [0.05, 0.1) is 12.9 Å². The maximum atomic E-state index is 12.3. The molecule has 0 radical (unpaired) electrons. The lowest BCUT2D eigenvalue weighted by molar-refractivity contribution is -0.113. The molecule has 0 aliphatic heterocycles. The lowest BCUT2D eigenvalue weighted by Crippen LogP contribution is -2.26. The fraction of sp³-hybridized carbons (Fsp3) is 0.304. The number of ether oxygens (including phenoxy) is 1. The number of amides is 2. The standard InChI is InChI=1S/C23H27N5O3S/c1-4-28-20(12-13-24-22(30)17-8-10-19(31-3)11-9-17)26-27-23(28)32-15-21(29)25-18-7-5-6-16(2)14-18/h5-11,14H,4,12-13,15H2,1-3H3,(H,24,30)(H,25,29). The van der Waals surface area contributed by atoms with Crippen LogP contribution in [0.2, 0.25) is 0 Å². The third-order valence-electron chi connectivity index (χ3n) is 4.73. The monoisotopic (exact) mass is 453 g/mol. The summed E-state index contributed by atoms with van der Waals surface area (Å²) in [6.07, 6.45) is 0.540. The number of carbonyl (C=O) groups is 2. The molecule has 0 aliphatic rings. The summed E-state index contributed by atoms with van der Waals surface area (Å²) in [5.41, 5.74) is 2.43. The number of rotatable bonds is 10. The maximum absolute atomic E-state index is 12.3. The van der Waals surface area contributed by atoms with Crippen molar-refractivity contribution < 1.29 is 14.3 Å². The summed E-state index contributed by atoms with van der Waals surface area (Å²) in [6.45, 7) is 5.09. The minimum absolute atomic E-state index is 0.0976. The van der Waals surface area contributed by atoms with Crippen molar-refractivity contribution in [2.24, 2.45) is 0 Å². The number of methoxy groups -OCH3 is 1. The Labute approximate surface area is 191 Å². The van der Waals surface area contributed by atoms with Crippen LogP contribution in [-0.2, 0) is 17.8 Å². The molecule has 0 saturated carbocycles. The fourth-order valence-electron chi connectivity index (χ4n) is 3.11. The average Bonchev–Trinajstić information content (AvgIpc) is 3.19. The summed E-state index contributed by atoms with van der Waals surface area (Å²) in [4.78, 5) is 24.6. The van der Waals surface area contributed by atoms with E-state index in [1.807, 2.05) is 42.7 Å². The molecule has 168 valence electrons. The first-order valence-electron chi connectivity index (χ1n) is 10.3. The van der Waals surface area contributed by atoms with E-state index >= 15 is 0 Å². The molecule has 32 heavy (non-hydrogen) atoms. The second-order valence-electron chi connectivity index (χ2n) is 7.08. The van der Waals surface area contributed by atoms with Crippen LogP contribution >= 0.6 is 11.8 Å². The largest absolute Gasteiger partial charge is 0.497 e. The van der Waals surface area contributed by atoms with E-state index in [-0.39, 0.29) is 17.6 Å². The highest BCUT2D eigenvalue weighted by atomic mass is 32.2. The number of nitrogens with one attached hydrogen (secondary N) is 2. The van der Waals surface area contributed by atoms with E-state index in [1.54, 1.807) is 31.4 Å². The Bertz CT molecular complexity index is 1070. The molecule has 8 nitrogen and oxygen atoms in total. The quantitative estimate of drug-likeness (QED) is 0.457. The molecule has 0 fully saturated rings. The molecular formula is C23H27N5O3S. The van der Waals surface area contributed by atoms with Crippen LogP contribution in [0, 0.1) is 6.92 Å². The number of nitrogens with zero attached hydrogens (tertiary/aromatic N) is 3. The Morgan fingerprint density at radius 2 is 1.91 bits per heavy atom. The molecule has 0 atom stereocenters. The van der Waals surface area contributed by atoms with Gasteiger partial charge in [-0.3, -0.25) is 9.59 Å². The minimum Gasteiger partial charge on any atom is -0.497 e. The van der Waals surface area contributed by atoms with Gasteiger partial charge in [-0.1, -0.05) is 23.9 Å². The van der Waals surface area contributed by atoms with Gasteiger partial charge in [0.2, 0.25) is 5.91 Å². The van der Waals surface area contributed by atoms with Gasteiger partial charge in [-0.15, -0.1) is 10.2 Å². The van der Waals surface area contributed by atoms with Crippen molar-refractivity contribution in [1.82, 2.24) is 20.1 Å². The summed E-state index contributed by atoms with van der Waals surface area (Å²) >= 11 is 1.34. The predicted octanol–water partition coefficient (Wildman–Crippen LogP) is 3.32. The highest BCUT2D eigenvalue weighted by molar-refractivity contribution is 7.99. The molecule has 1 aromatic heterocycles. The van der Waals surface area contributed by atoms with E-state index < -0.39 is 0 Å². The van der Waals surface area contributed by atoms with Gasteiger partial charge in [0, 0.05) is 30.8 Å². The van der Waals surface area contributed by atoms with Crippen LogP contribution in [0.1, 0.15) is 28.7 Å². The first-order chi connectivity index (χ1) is 15.5. The van der Waals surface area contributed by atoms with Crippen molar-refractivity contribution in [3.8, 4) is 5.75 Å². The van der Waals surface area contributed by atoms with Crippen LogP contribution in [-0.4, -0.2) is 46.0 Å². The van der Waals surface area contributed by atoms with E-state index in [2.05, 4.69) is 20.8 Å². The zero-order valence-electron chi connectivity index (χ0n) is 18.4.